The molecule has 1 amide bonds. The zero-order valence-electron chi connectivity index (χ0n) is 16.1. The van der Waals surface area contributed by atoms with Gasteiger partial charge in [0.05, 0.1) is 10.6 Å². The number of thioether (sulfide) groups is 1. The summed E-state index contributed by atoms with van der Waals surface area (Å²) in [5, 5.41) is 4.18. The van der Waals surface area contributed by atoms with Crippen molar-refractivity contribution in [3.63, 3.8) is 0 Å². The van der Waals surface area contributed by atoms with E-state index in [1.165, 1.54) is 28.2 Å². The highest BCUT2D eigenvalue weighted by Crippen LogP contribution is 2.40. The minimum absolute atomic E-state index is 0.0482. The van der Waals surface area contributed by atoms with Gasteiger partial charge in [-0.05, 0) is 36.8 Å². The molecule has 0 saturated heterocycles. The molecule has 0 saturated carbocycles. The van der Waals surface area contributed by atoms with Gasteiger partial charge in [-0.25, -0.2) is 0 Å². The first-order valence-corrected chi connectivity index (χ1v) is 10.4. The van der Waals surface area contributed by atoms with Gasteiger partial charge in [-0.3, -0.25) is 4.79 Å². The largest absolute Gasteiger partial charge is 0.340 e. The summed E-state index contributed by atoms with van der Waals surface area (Å²) >= 11 is 1.53. The van der Waals surface area contributed by atoms with Crippen LogP contribution in [-0.4, -0.2) is 10.5 Å². The van der Waals surface area contributed by atoms with E-state index in [4.69, 9.17) is 0 Å². The van der Waals surface area contributed by atoms with Crippen molar-refractivity contribution in [1.82, 2.24) is 4.57 Å². The Hall–Kier alpha value is -3.24. The van der Waals surface area contributed by atoms with Crippen LogP contribution in [0.4, 0.5) is 5.69 Å². The summed E-state index contributed by atoms with van der Waals surface area (Å²) in [4.78, 5) is 14.5. The topological polar surface area (TPSA) is 34.0 Å². The molecule has 1 aliphatic rings. The molecular weight excluding hydrogens is 376 g/mol. The standard InChI is InChI=1S/C25H20N2OS/c1-17-20(15-24-25(28)26-21-12-6-8-14-23(21)29-24)19-11-5-7-13-22(19)27(17)16-18-9-3-2-4-10-18/h2-15H,16H2,1H3,(H,26,28)/b24-15-. The van der Waals surface area contributed by atoms with E-state index in [1.807, 2.05) is 36.4 Å². The maximum atomic E-state index is 12.7. The lowest BCUT2D eigenvalue weighted by Crippen LogP contribution is -2.17. The number of para-hydroxylation sites is 2. The van der Waals surface area contributed by atoms with Gasteiger partial charge in [0, 0.05) is 33.6 Å². The molecule has 0 unspecified atom stereocenters. The van der Waals surface area contributed by atoms with Crippen LogP contribution in [0.3, 0.4) is 0 Å². The fraction of sp³-hybridized carbons (Fsp3) is 0.0800. The van der Waals surface area contributed by atoms with E-state index in [2.05, 4.69) is 65.3 Å². The van der Waals surface area contributed by atoms with Crippen molar-refractivity contribution in [2.45, 2.75) is 18.4 Å². The van der Waals surface area contributed by atoms with Crippen molar-refractivity contribution in [3.8, 4) is 0 Å². The Morgan fingerprint density at radius 2 is 1.66 bits per heavy atom. The van der Waals surface area contributed by atoms with E-state index in [9.17, 15) is 4.79 Å². The van der Waals surface area contributed by atoms with Crippen LogP contribution < -0.4 is 5.32 Å². The molecule has 4 aromatic rings. The number of fused-ring (bicyclic) bond motifs is 2. The molecule has 1 aliphatic heterocycles. The minimum atomic E-state index is -0.0482. The van der Waals surface area contributed by atoms with Gasteiger partial charge in [0.15, 0.2) is 0 Å². The van der Waals surface area contributed by atoms with Crippen molar-refractivity contribution in [2.24, 2.45) is 0 Å². The Morgan fingerprint density at radius 3 is 2.52 bits per heavy atom. The van der Waals surface area contributed by atoms with E-state index in [-0.39, 0.29) is 5.91 Å². The summed E-state index contributed by atoms with van der Waals surface area (Å²) in [5.74, 6) is -0.0482. The number of amides is 1. The number of benzene rings is 3. The highest BCUT2D eigenvalue weighted by molar-refractivity contribution is 8.04. The van der Waals surface area contributed by atoms with Crippen LogP contribution in [0.15, 0.2) is 88.7 Å². The van der Waals surface area contributed by atoms with Gasteiger partial charge >= 0.3 is 0 Å². The second kappa shape index (κ2) is 7.30. The molecule has 0 fully saturated rings. The van der Waals surface area contributed by atoms with Gasteiger partial charge in [-0.15, -0.1) is 0 Å². The molecule has 5 rings (SSSR count). The molecular formula is C25H20N2OS. The highest BCUT2D eigenvalue weighted by atomic mass is 32.2. The molecule has 142 valence electrons. The summed E-state index contributed by atoms with van der Waals surface area (Å²) in [6, 6.07) is 26.8. The van der Waals surface area contributed by atoms with Crippen LogP contribution in [0, 0.1) is 6.92 Å². The number of hydrogen-bond donors (Lipinski definition) is 1. The van der Waals surface area contributed by atoms with Crippen LogP contribution in [-0.2, 0) is 11.3 Å². The number of carbonyl (C=O) groups is 1. The van der Waals surface area contributed by atoms with Crippen LogP contribution in [0.2, 0.25) is 0 Å². The molecule has 0 aliphatic carbocycles. The maximum absolute atomic E-state index is 12.7. The fourth-order valence-electron chi connectivity index (χ4n) is 3.84. The van der Waals surface area contributed by atoms with Gasteiger partial charge in [-0.2, -0.15) is 0 Å². The summed E-state index contributed by atoms with van der Waals surface area (Å²) in [7, 11) is 0. The predicted octanol–water partition coefficient (Wildman–Crippen LogP) is 6.08. The molecule has 2 heterocycles. The number of aromatic nitrogens is 1. The fourth-order valence-corrected chi connectivity index (χ4v) is 4.78. The predicted molar refractivity (Wildman–Crippen MR) is 121 cm³/mol. The van der Waals surface area contributed by atoms with E-state index >= 15 is 0 Å². The van der Waals surface area contributed by atoms with E-state index < -0.39 is 0 Å². The Balaban J connectivity index is 1.62. The Kier molecular flexibility index (Phi) is 4.49. The second-order valence-electron chi connectivity index (χ2n) is 7.15. The van der Waals surface area contributed by atoms with Crippen molar-refractivity contribution in [2.75, 3.05) is 5.32 Å². The molecule has 0 atom stereocenters. The first kappa shape index (κ1) is 17.8. The van der Waals surface area contributed by atoms with E-state index in [0.29, 0.717) is 0 Å². The lowest BCUT2D eigenvalue weighted by atomic mass is 10.1. The summed E-state index contributed by atoms with van der Waals surface area (Å²) in [5.41, 5.74) is 5.59. The van der Waals surface area contributed by atoms with Crippen molar-refractivity contribution in [1.29, 1.82) is 0 Å². The SMILES string of the molecule is Cc1c(/C=C2\Sc3ccccc3NC2=O)c2ccccc2n1Cc1ccccc1. The molecule has 1 N–H and O–H groups in total. The number of nitrogens with zero attached hydrogens (tertiary/aromatic N) is 1. The maximum Gasteiger partial charge on any atom is 0.262 e. The third-order valence-electron chi connectivity index (χ3n) is 5.32. The number of nitrogens with one attached hydrogen (secondary N) is 1. The zero-order valence-corrected chi connectivity index (χ0v) is 16.9. The number of anilines is 1. The van der Waals surface area contributed by atoms with Crippen molar-refractivity contribution >= 4 is 40.3 Å². The van der Waals surface area contributed by atoms with E-state index in [1.54, 1.807) is 0 Å². The monoisotopic (exact) mass is 396 g/mol. The van der Waals surface area contributed by atoms with Gasteiger partial charge in [-0.1, -0.05) is 72.4 Å². The third kappa shape index (κ3) is 3.26. The molecule has 29 heavy (non-hydrogen) atoms. The van der Waals surface area contributed by atoms with Crippen LogP contribution >= 0.6 is 11.8 Å². The molecule has 0 radical (unpaired) electrons. The molecule has 0 bridgehead atoms. The van der Waals surface area contributed by atoms with Crippen molar-refractivity contribution < 1.29 is 4.79 Å². The number of carbonyl (C=O) groups excluding carboxylic acids is 1. The average molecular weight is 397 g/mol. The molecule has 3 aromatic carbocycles. The molecule has 1 aromatic heterocycles. The summed E-state index contributed by atoms with van der Waals surface area (Å²) in [6.45, 7) is 2.94. The summed E-state index contributed by atoms with van der Waals surface area (Å²) < 4.78 is 2.33. The molecule has 4 heteroatoms. The second-order valence-corrected chi connectivity index (χ2v) is 8.23. The first-order chi connectivity index (χ1) is 14.2. The molecule has 3 nitrogen and oxygen atoms in total. The zero-order chi connectivity index (χ0) is 19.8. The van der Waals surface area contributed by atoms with Crippen LogP contribution in [0.5, 0.6) is 0 Å². The number of rotatable bonds is 3. The van der Waals surface area contributed by atoms with Crippen LogP contribution in [0.1, 0.15) is 16.8 Å². The highest BCUT2D eigenvalue weighted by Gasteiger charge is 2.22. The molecule has 0 spiro atoms. The van der Waals surface area contributed by atoms with E-state index in [0.717, 1.165) is 33.3 Å². The first-order valence-electron chi connectivity index (χ1n) is 9.62. The van der Waals surface area contributed by atoms with Gasteiger partial charge in [0.25, 0.3) is 5.91 Å². The third-order valence-corrected chi connectivity index (χ3v) is 6.42. The van der Waals surface area contributed by atoms with Crippen molar-refractivity contribution in [3.05, 3.63) is 101 Å². The Bertz CT molecular complexity index is 1250. The summed E-state index contributed by atoms with van der Waals surface area (Å²) in [6.07, 6.45) is 2.04. The van der Waals surface area contributed by atoms with Gasteiger partial charge < -0.3 is 9.88 Å². The smallest absolute Gasteiger partial charge is 0.262 e. The minimum Gasteiger partial charge on any atom is -0.340 e. The normalized spacial score (nSPS) is 14.8. The number of hydrogen-bond acceptors (Lipinski definition) is 2. The quantitative estimate of drug-likeness (QED) is 0.426. The van der Waals surface area contributed by atoms with Gasteiger partial charge in [0.2, 0.25) is 0 Å². The lowest BCUT2D eigenvalue weighted by Gasteiger charge is -2.18. The van der Waals surface area contributed by atoms with Gasteiger partial charge in [0.1, 0.15) is 0 Å². The lowest BCUT2D eigenvalue weighted by molar-refractivity contribution is -0.112. The average Bonchev–Trinajstić information content (AvgIpc) is 3.01. The van der Waals surface area contributed by atoms with Crippen LogP contribution in [0.25, 0.3) is 17.0 Å². The Morgan fingerprint density at radius 1 is 0.931 bits per heavy atom. The Labute approximate surface area is 174 Å².